The molecule has 1 aliphatic rings. The molecule has 1 N–H and O–H groups in total. The summed E-state index contributed by atoms with van der Waals surface area (Å²) < 4.78 is 23.1. The Bertz CT molecular complexity index is 513. The summed E-state index contributed by atoms with van der Waals surface area (Å²) in [6.07, 6.45) is 0. The van der Waals surface area contributed by atoms with E-state index in [4.69, 9.17) is 4.55 Å². The van der Waals surface area contributed by atoms with Gasteiger partial charge in [-0.1, -0.05) is 11.6 Å². The first-order chi connectivity index (χ1) is 7.50. The van der Waals surface area contributed by atoms with E-state index >= 15 is 0 Å². The third kappa shape index (κ3) is 1.64. The zero-order chi connectivity index (χ0) is 11.9. The third-order valence-electron chi connectivity index (χ3n) is 2.14. The maximum Gasteiger partial charge on any atom is 0.325 e. The molecule has 1 unspecified atom stereocenters. The van der Waals surface area contributed by atoms with E-state index in [1.54, 1.807) is 13.0 Å². The number of fused-ring (bicyclic) bond motifs is 1. The van der Waals surface area contributed by atoms with Crippen LogP contribution in [0, 0.1) is 6.92 Å². The van der Waals surface area contributed by atoms with Crippen molar-refractivity contribution < 1.29 is 22.6 Å². The van der Waals surface area contributed by atoms with Gasteiger partial charge in [0.1, 0.15) is 0 Å². The number of imide groups is 1. The van der Waals surface area contributed by atoms with E-state index in [0.29, 0.717) is 5.06 Å². The lowest BCUT2D eigenvalue weighted by Gasteiger charge is -2.07. The molecular formula is C9H7NO5S. The van der Waals surface area contributed by atoms with Crippen molar-refractivity contribution in [2.45, 2.75) is 6.92 Å². The molecule has 6 nitrogen and oxygen atoms in total. The molecule has 1 aromatic carbocycles. The first-order valence-electron chi connectivity index (χ1n) is 4.29. The van der Waals surface area contributed by atoms with Crippen molar-refractivity contribution in [2.75, 3.05) is 0 Å². The summed E-state index contributed by atoms with van der Waals surface area (Å²) in [4.78, 5) is 23.2. The van der Waals surface area contributed by atoms with Crippen LogP contribution in [0.3, 0.4) is 0 Å². The maximum atomic E-state index is 11.6. The van der Waals surface area contributed by atoms with Crippen LogP contribution in [0.5, 0.6) is 0 Å². The van der Waals surface area contributed by atoms with Gasteiger partial charge in [0, 0.05) is 0 Å². The van der Waals surface area contributed by atoms with Crippen LogP contribution in [0.4, 0.5) is 0 Å². The molecule has 0 spiro atoms. The van der Waals surface area contributed by atoms with Gasteiger partial charge in [0.15, 0.2) is 0 Å². The Morgan fingerprint density at radius 1 is 1.25 bits per heavy atom. The Labute approximate surface area is 93.3 Å². The average Bonchev–Trinajstić information content (AvgIpc) is 2.43. The second-order valence-corrected chi connectivity index (χ2v) is 3.83. The lowest BCUT2D eigenvalue weighted by Crippen LogP contribution is -2.30. The first-order valence-corrected chi connectivity index (χ1v) is 5.32. The van der Waals surface area contributed by atoms with Crippen LogP contribution in [0.2, 0.25) is 0 Å². The molecule has 0 aliphatic carbocycles. The quantitative estimate of drug-likeness (QED) is 0.607. The SMILES string of the molecule is Cc1ccc2c(c1)C(=O)N(OS(=O)O)C2=O. The van der Waals surface area contributed by atoms with Gasteiger partial charge in [0.2, 0.25) is 0 Å². The van der Waals surface area contributed by atoms with E-state index in [0.717, 1.165) is 5.56 Å². The summed E-state index contributed by atoms with van der Waals surface area (Å²) >= 11 is -2.71. The maximum absolute atomic E-state index is 11.6. The number of carbonyl (C=O) groups is 2. The second kappa shape index (κ2) is 3.78. The number of hydrogen-bond acceptors (Lipinski definition) is 4. The van der Waals surface area contributed by atoms with Crippen molar-refractivity contribution in [1.82, 2.24) is 5.06 Å². The highest BCUT2D eigenvalue weighted by Gasteiger charge is 2.38. The van der Waals surface area contributed by atoms with Crippen molar-refractivity contribution in [2.24, 2.45) is 0 Å². The van der Waals surface area contributed by atoms with Crippen molar-refractivity contribution in [3.8, 4) is 0 Å². The van der Waals surface area contributed by atoms with Crippen LogP contribution < -0.4 is 0 Å². The van der Waals surface area contributed by atoms with Crippen LogP contribution >= 0.6 is 0 Å². The molecule has 84 valence electrons. The summed E-state index contributed by atoms with van der Waals surface area (Å²) in [6.45, 7) is 1.77. The fourth-order valence-corrected chi connectivity index (χ4v) is 1.73. The fraction of sp³-hybridized carbons (Fsp3) is 0.111. The molecule has 2 rings (SSSR count). The van der Waals surface area contributed by atoms with Crippen molar-refractivity contribution >= 4 is 23.2 Å². The summed E-state index contributed by atoms with van der Waals surface area (Å²) in [5, 5.41) is 0.292. The minimum absolute atomic E-state index is 0.168. The van der Waals surface area contributed by atoms with Crippen molar-refractivity contribution in [1.29, 1.82) is 0 Å². The molecule has 1 aromatic rings. The topological polar surface area (TPSA) is 83.9 Å². The van der Waals surface area contributed by atoms with E-state index in [2.05, 4.69) is 4.28 Å². The number of amides is 2. The van der Waals surface area contributed by atoms with Crippen LogP contribution in [0.25, 0.3) is 0 Å². The minimum atomic E-state index is -2.71. The van der Waals surface area contributed by atoms with Gasteiger partial charge < -0.3 is 0 Å². The first kappa shape index (κ1) is 10.9. The fourth-order valence-electron chi connectivity index (χ4n) is 1.46. The van der Waals surface area contributed by atoms with E-state index in [1.165, 1.54) is 12.1 Å². The van der Waals surface area contributed by atoms with Gasteiger partial charge in [0.25, 0.3) is 11.8 Å². The molecule has 2 amide bonds. The highest BCUT2D eigenvalue weighted by molar-refractivity contribution is 7.74. The summed E-state index contributed by atoms with van der Waals surface area (Å²) in [7, 11) is 0. The molecule has 1 atom stereocenters. The highest BCUT2D eigenvalue weighted by atomic mass is 32.2. The molecule has 0 saturated heterocycles. The Kier molecular flexibility index (Phi) is 2.58. The second-order valence-electron chi connectivity index (χ2n) is 3.25. The van der Waals surface area contributed by atoms with Crippen molar-refractivity contribution in [3.05, 3.63) is 34.9 Å². The number of aryl methyl sites for hydroxylation is 1. The normalized spacial score (nSPS) is 16.5. The molecule has 0 aromatic heterocycles. The molecule has 0 radical (unpaired) electrons. The lowest BCUT2D eigenvalue weighted by atomic mass is 10.1. The Hall–Kier alpha value is -1.57. The van der Waals surface area contributed by atoms with Gasteiger partial charge in [-0.25, -0.2) is 0 Å². The van der Waals surface area contributed by atoms with Crippen LogP contribution in [-0.2, 0) is 15.6 Å². The predicted octanol–water partition coefficient (Wildman–Crippen LogP) is 0.659. The summed E-state index contributed by atoms with van der Waals surface area (Å²) in [6, 6.07) is 4.68. The molecule has 1 heterocycles. The molecule has 16 heavy (non-hydrogen) atoms. The van der Waals surface area contributed by atoms with Crippen LogP contribution in [0.1, 0.15) is 26.3 Å². The van der Waals surface area contributed by atoms with Crippen LogP contribution in [-0.4, -0.2) is 25.6 Å². The molecule has 7 heteroatoms. The number of carbonyl (C=O) groups excluding carboxylic acids is 2. The summed E-state index contributed by atoms with van der Waals surface area (Å²) in [5.74, 6) is -1.46. The Morgan fingerprint density at radius 3 is 2.50 bits per heavy atom. The van der Waals surface area contributed by atoms with E-state index < -0.39 is 23.2 Å². The monoisotopic (exact) mass is 241 g/mol. The standard InChI is InChI=1S/C9H7NO5S/c1-5-2-3-6-7(4-5)9(12)10(8(6)11)15-16(13)14/h2-4H,1H3,(H,13,14). The number of hydroxylamine groups is 2. The largest absolute Gasteiger partial charge is 0.325 e. The number of nitrogens with zero attached hydrogens (tertiary/aromatic N) is 1. The zero-order valence-electron chi connectivity index (χ0n) is 8.17. The minimum Gasteiger partial charge on any atom is -0.282 e. The number of benzene rings is 1. The third-order valence-corrected chi connectivity index (χ3v) is 2.42. The number of rotatable bonds is 2. The number of hydrogen-bond donors (Lipinski definition) is 1. The van der Waals surface area contributed by atoms with E-state index in [9.17, 15) is 13.8 Å². The van der Waals surface area contributed by atoms with E-state index in [1.807, 2.05) is 0 Å². The van der Waals surface area contributed by atoms with Gasteiger partial charge in [0.05, 0.1) is 11.1 Å². The van der Waals surface area contributed by atoms with Gasteiger partial charge in [-0.15, -0.1) is 9.35 Å². The molecule has 0 saturated carbocycles. The van der Waals surface area contributed by atoms with Gasteiger partial charge in [-0.2, -0.15) is 4.21 Å². The average molecular weight is 241 g/mol. The molecular weight excluding hydrogens is 234 g/mol. The summed E-state index contributed by atoms with van der Waals surface area (Å²) in [5.41, 5.74) is 1.16. The van der Waals surface area contributed by atoms with Gasteiger partial charge in [-0.3, -0.25) is 14.1 Å². The Balaban J connectivity index is 2.44. The van der Waals surface area contributed by atoms with E-state index in [-0.39, 0.29) is 11.1 Å². The lowest BCUT2D eigenvalue weighted by molar-refractivity contribution is -0.0112. The van der Waals surface area contributed by atoms with Crippen molar-refractivity contribution in [3.63, 3.8) is 0 Å². The van der Waals surface area contributed by atoms with Gasteiger partial charge >= 0.3 is 11.4 Å². The predicted molar refractivity (Wildman–Crippen MR) is 53.5 cm³/mol. The zero-order valence-corrected chi connectivity index (χ0v) is 8.98. The van der Waals surface area contributed by atoms with Gasteiger partial charge in [-0.05, 0) is 19.1 Å². The highest BCUT2D eigenvalue weighted by Crippen LogP contribution is 2.24. The Morgan fingerprint density at radius 2 is 1.88 bits per heavy atom. The molecule has 0 fully saturated rings. The van der Waals surface area contributed by atoms with Crippen LogP contribution in [0.15, 0.2) is 18.2 Å². The smallest absolute Gasteiger partial charge is 0.282 e. The molecule has 1 aliphatic heterocycles. The molecule has 0 bridgehead atoms.